The van der Waals surface area contributed by atoms with Crippen LogP contribution in [0.2, 0.25) is 0 Å². The zero-order valence-electron chi connectivity index (χ0n) is 9.64. The van der Waals surface area contributed by atoms with Crippen molar-refractivity contribution in [2.24, 2.45) is 11.8 Å². The Hall–Kier alpha value is -0.940. The maximum Gasteiger partial charge on any atom is 0.233 e. The van der Waals surface area contributed by atoms with Crippen molar-refractivity contribution in [1.82, 2.24) is 4.90 Å². The normalized spacial score (nSPS) is 26.8. The van der Waals surface area contributed by atoms with E-state index in [1.54, 1.807) is 11.3 Å². The van der Waals surface area contributed by atoms with Crippen molar-refractivity contribution in [1.29, 1.82) is 0 Å². The first-order valence-electron chi connectivity index (χ1n) is 5.90. The van der Waals surface area contributed by atoms with Gasteiger partial charge in [-0.2, -0.15) is 0 Å². The highest BCUT2D eigenvalue weighted by Crippen LogP contribution is 2.36. The largest absolute Gasteiger partial charge is 0.277 e. The predicted molar refractivity (Wildman–Crippen MR) is 72.9 cm³/mol. The van der Waals surface area contributed by atoms with Crippen molar-refractivity contribution >= 4 is 39.1 Å². The van der Waals surface area contributed by atoms with Crippen molar-refractivity contribution < 1.29 is 9.59 Å². The van der Waals surface area contributed by atoms with Crippen LogP contribution >= 0.6 is 27.3 Å². The zero-order valence-corrected chi connectivity index (χ0v) is 12.0. The molecule has 0 saturated carbocycles. The average molecular weight is 326 g/mol. The minimum Gasteiger partial charge on any atom is -0.277 e. The Morgan fingerprint density at radius 3 is 2.33 bits per heavy atom. The molecular weight excluding hydrogens is 314 g/mol. The number of amides is 2. The fourth-order valence-corrected chi connectivity index (χ4v) is 4.06. The summed E-state index contributed by atoms with van der Waals surface area (Å²) >= 11 is 4.95. The quantitative estimate of drug-likeness (QED) is 0.619. The summed E-state index contributed by atoms with van der Waals surface area (Å²) in [7, 11) is 0. The maximum absolute atomic E-state index is 12.2. The highest BCUT2D eigenvalue weighted by molar-refractivity contribution is 9.10. The lowest BCUT2D eigenvalue weighted by molar-refractivity contribution is -0.140. The van der Waals surface area contributed by atoms with Crippen LogP contribution in [0.1, 0.15) is 17.7 Å². The highest BCUT2D eigenvalue weighted by Gasteiger charge is 2.47. The van der Waals surface area contributed by atoms with E-state index in [2.05, 4.69) is 15.9 Å². The second kappa shape index (κ2) is 4.63. The molecule has 2 unspecified atom stereocenters. The minimum absolute atomic E-state index is 0.00104. The van der Waals surface area contributed by atoms with Crippen LogP contribution < -0.4 is 0 Å². The maximum atomic E-state index is 12.2. The molecule has 2 aliphatic rings. The van der Waals surface area contributed by atoms with E-state index in [4.69, 9.17) is 0 Å². The fraction of sp³-hybridized carbons (Fsp3) is 0.385. The third kappa shape index (κ3) is 1.95. The van der Waals surface area contributed by atoms with Gasteiger partial charge in [-0.05, 0) is 34.8 Å². The number of thiophene rings is 1. The van der Waals surface area contributed by atoms with Gasteiger partial charge in [0, 0.05) is 14.7 Å². The van der Waals surface area contributed by atoms with Crippen LogP contribution in [0.3, 0.4) is 0 Å². The number of carbonyl (C=O) groups excluding carboxylic acids is 2. The number of carbonyl (C=O) groups is 2. The van der Waals surface area contributed by atoms with Crippen LogP contribution in [-0.2, 0) is 16.1 Å². The van der Waals surface area contributed by atoms with E-state index in [0.29, 0.717) is 19.4 Å². The average Bonchev–Trinajstić information content (AvgIpc) is 2.88. The Kier molecular flexibility index (Phi) is 3.11. The molecule has 2 amide bonds. The number of nitrogens with zero attached hydrogens (tertiary/aromatic N) is 1. The van der Waals surface area contributed by atoms with Gasteiger partial charge in [-0.3, -0.25) is 14.5 Å². The molecule has 3 rings (SSSR count). The lowest BCUT2D eigenvalue weighted by atomic mass is 9.85. The molecule has 0 radical (unpaired) electrons. The number of fused-ring (bicyclic) bond motifs is 1. The van der Waals surface area contributed by atoms with E-state index in [-0.39, 0.29) is 23.7 Å². The highest BCUT2D eigenvalue weighted by atomic mass is 79.9. The molecule has 0 aromatic carbocycles. The van der Waals surface area contributed by atoms with E-state index in [0.717, 1.165) is 9.35 Å². The summed E-state index contributed by atoms with van der Waals surface area (Å²) in [5, 5.41) is 1.97. The molecule has 18 heavy (non-hydrogen) atoms. The Balaban J connectivity index is 1.81. The first kappa shape index (κ1) is 12.1. The molecule has 1 aromatic rings. The van der Waals surface area contributed by atoms with Crippen molar-refractivity contribution in [3.05, 3.63) is 32.9 Å². The number of likely N-dealkylation sites (tertiary alicyclic amines) is 1. The number of hydrogen-bond acceptors (Lipinski definition) is 3. The van der Waals surface area contributed by atoms with E-state index in [1.165, 1.54) is 4.90 Å². The smallest absolute Gasteiger partial charge is 0.233 e. The lowest BCUT2D eigenvalue weighted by Gasteiger charge is -2.14. The predicted octanol–water partition coefficient (Wildman–Crippen LogP) is 2.96. The molecule has 1 aliphatic carbocycles. The molecule has 1 aliphatic heterocycles. The van der Waals surface area contributed by atoms with Crippen LogP contribution in [0.15, 0.2) is 28.1 Å². The Labute approximate surface area is 118 Å². The van der Waals surface area contributed by atoms with Gasteiger partial charge in [0.05, 0.1) is 18.4 Å². The molecular formula is C13H12BrNO2S. The topological polar surface area (TPSA) is 37.4 Å². The molecule has 1 aromatic heterocycles. The summed E-state index contributed by atoms with van der Waals surface area (Å²) in [5.74, 6) is -0.241. The first-order chi connectivity index (χ1) is 8.66. The van der Waals surface area contributed by atoms with E-state index in [9.17, 15) is 9.59 Å². The fourth-order valence-electron chi connectivity index (χ4n) is 2.62. The number of imide groups is 1. The van der Waals surface area contributed by atoms with Gasteiger partial charge >= 0.3 is 0 Å². The van der Waals surface area contributed by atoms with Gasteiger partial charge in [-0.25, -0.2) is 0 Å². The molecule has 1 fully saturated rings. The molecule has 2 heterocycles. The molecule has 5 heteroatoms. The van der Waals surface area contributed by atoms with Crippen molar-refractivity contribution in [2.75, 3.05) is 0 Å². The van der Waals surface area contributed by atoms with Crippen LogP contribution in [0, 0.1) is 11.8 Å². The van der Waals surface area contributed by atoms with Gasteiger partial charge in [-0.15, -0.1) is 11.3 Å². The second-order valence-electron chi connectivity index (χ2n) is 4.65. The Morgan fingerprint density at radius 2 is 1.83 bits per heavy atom. The van der Waals surface area contributed by atoms with Gasteiger partial charge in [-0.1, -0.05) is 12.2 Å². The monoisotopic (exact) mass is 325 g/mol. The van der Waals surface area contributed by atoms with Crippen LogP contribution in [-0.4, -0.2) is 16.7 Å². The molecule has 3 nitrogen and oxygen atoms in total. The minimum atomic E-state index is -0.120. The molecule has 0 bridgehead atoms. The summed E-state index contributed by atoms with van der Waals surface area (Å²) in [6.07, 6.45) is 5.44. The van der Waals surface area contributed by atoms with Crippen molar-refractivity contribution in [2.45, 2.75) is 19.4 Å². The van der Waals surface area contributed by atoms with Crippen LogP contribution in [0.4, 0.5) is 0 Å². The van der Waals surface area contributed by atoms with Gasteiger partial charge in [0.1, 0.15) is 0 Å². The standard InChI is InChI=1S/C13H12BrNO2S/c14-8-5-9(18-7-8)6-15-12(16)10-3-1-2-4-11(10)13(15)17/h1-2,5,7,10-11H,3-4,6H2. The van der Waals surface area contributed by atoms with Crippen LogP contribution in [0.25, 0.3) is 0 Å². The summed E-state index contributed by atoms with van der Waals surface area (Å²) in [6.45, 7) is 0.418. The van der Waals surface area contributed by atoms with Gasteiger partial charge < -0.3 is 0 Å². The van der Waals surface area contributed by atoms with E-state index in [1.807, 2.05) is 23.6 Å². The first-order valence-corrected chi connectivity index (χ1v) is 7.57. The summed E-state index contributed by atoms with van der Waals surface area (Å²) in [5.41, 5.74) is 0. The van der Waals surface area contributed by atoms with E-state index < -0.39 is 0 Å². The Morgan fingerprint density at radius 1 is 1.22 bits per heavy atom. The number of halogens is 1. The van der Waals surface area contributed by atoms with Crippen molar-refractivity contribution in [3.8, 4) is 0 Å². The van der Waals surface area contributed by atoms with Gasteiger partial charge in [0.15, 0.2) is 0 Å². The molecule has 1 saturated heterocycles. The second-order valence-corrected chi connectivity index (χ2v) is 6.56. The number of hydrogen-bond donors (Lipinski definition) is 0. The summed E-state index contributed by atoms with van der Waals surface area (Å²) < 4.78 is 1.00. The molecule has 0 spiro atoms. The third-order valence-electron chi connectivity index (χ3n) is 3.53. The van der Waals surface area contributed by atoms with Gasteiger partial charge in [0.2, 0.25) is 11.8 Å². The van der Waals surface area contributed by atoms with Crippen LogP contribution in [0.5, 0.6) is 0 Å². The lowest BCUT2D eigenvalue weighted by Crippen LogP contribution is -2.30. The molecule has 2 atom stereocenters. The van der Waals surface area contributed by atoms with Gasteiger partial charge in [0.25, 0.3) is 0 Å². The number of rotatable bonds is 2. The number of allylic oxidation sites excluding steroid dienone is 2. The van der Waals surface area contributed by atoms with Crippen molar-refractivity contribution in [3.63, 3.8) is 0 Å². The zero-order chi connectivity index (χ0) is 12.7. The molecule has 0 N–H and O–H groups in total. The summed E-state index contributed by atoms with van der Waals surface area (Å²) in [4.78, 5) is 26.9. The summed E-state index contributed by atoms with van der Waals surface area (Å²) in [6, 6.07) is 1.96. The molecule has 94 valence electrons. The third-order valence-corrected chi connectivity index (χ3v) is 5.22. The SMILES string of the molecule is O=C1C2CC=CCC2C(=O)N1Cc1cc(Br)cs1. The Bertz CT molecular complexity index is 511. The van der Waals surface area contributed by atoms with E-state index >= 15 is 0 Å².